The van der Waals surface area contributed by atoms with Gasteiger partial charge in [-0.05, 0) is 102 Å². The molecule has 73 heavy (non-hydrogen) atoms. The summed E-state index contributed by atoms with van der Waals surface area (Å²) in [5.74, 6) is 2.03. The zero-order valence-corrected chi connectivity index (χ0v) is 46.4. The van der Waals surface area contributed by atoms with E-state index in [1.165, 1.54) is 37.4 Å². The second kappa shape index (κ2) is 19.1. The number of ether oxygens (including phenoxy) is 1. The molecule has 0 unspecified atom stereocenters. The molecule has 0 fully saturated rings. The molecule has 3 heterocycles. The first-order chi connectivity index (χ1) is 34.6. The monoisotopic (exact) mass is 1150 g/mol. The Bertz CT molecular complexity index is 3480. The average molecular weight is 1150 g/mol. The minimum atomic E-state index is -2.83. The number of hydrogen-bond acceptors (Lipinski definition) is 4. The summed E-state index contributed by atoms with van der Waals surface area (Å²) in [5.41, 5.74) is 9.86. The van der Waals surface area contributed by atoms with Crippen LogP contribution in [0.1, 0.15) is 79.0 Å². The summed E-state index contributed by atoms with van der Waals surface area (Å²) in [6.07, 6.45) is 1.93. The van der Waals surface area contributed by atoms with Crippen molar-refractivity contribution in [1.82, 2.24) is 9.55 Å². The summed E-state index contributed by atoms with van der Waals surface area (Å²) in [7, 11) is -2.83. The topological polar surface area (TPSA) is 33.5 Å². The second-order valence-electron chi connectivity index (χ2n) is 22.3. The van der Waals surface area contributed by atoms with Gasteiger partial charge in [-0.3, -0.25) is 0 Å². The van der Waals surface area contributed by atoms with E-state index >= 15 is 0 Å². The van der Waals surface area contributed by atoms with E-state index in [-0.39, 0.29) is 37.3 Å². The van der Waals surface area contributed by atoms with Crippen LogP contribution in [0.25, 0.3) is 27.6 Å². The molecule has 10 aromatic rings. The molecule has 1 aliphatic heterocycles. The molecule has 8 aromatic carbocycles. The van der Waals surface area contributed by atoms with E-state index in [1.54, 1.807) is 0 Å². The van der Waals surface area contributed by atoms with Crippen molar-refractivity contribution in [2.24, 2.45) is 0 Å². The fraction of sp³-hybridized carbons (Fsp3) is 0.182. The van der Waals surface area contributed by atoms with Gasteiger partial charge in [0.15, 0.2) is 8.07 Å². The van der Waals surface area contributed by atoms with Crippen LogP contribution in [0.3, 0.4) is 0 Å². The van der Waals surface area contributed by atoms with Crippen molar-refractivity contribution in [3.8, 4) is 17.3 Å². The van der Waals surface area contributed by atoms with Crippen molar-refractivity contribution in [2.45, 2.75) is 78.6 Å². The van der Waals surface area contributed by atoms with Crippen LogP contribution in [0.4, 0.5) is 22.7 Å². The van der Waals surface area contributed by atoms with Crippen molar-refractivity contribution >= 4 is 73.4 Å². The van der Waals surface area contributed by atoms with E-state index in [1.807, 2.05) is 24.4 Å². The number of nitrogens with zero attached hydrogens (tertiary/aromatic N) is 4. The van der Waals surface area contributed by atoms with E-state index in [9.17, 15) is 0 Å². The summed E-state index contributed by atoms with van der Waals surface area (Å²) in [4.78, 5) is 9.57. The second-order valence-corrected chi connectivity index (χ2v) is 26.1. The Morgan fingerprint density at radius 3 is 1.59 bits per heavy atom. The number of aromatic nitrogens is 2. The van der Waals surface area contributed by atoms with E-state index in [0.717, 1.165) is 50.4 Å². The van der Waals surface area contributed by atoms with Crippen LogP contribution in [0.2, 0.25) is 0 Å². The summed E-state index contributed by atoms with van der Waals surface area (Å²) in [6, 6.07) is 78.2. The third kappa shape index (κ3) is 9.15. The summed E-state index contributed by atoms with van der Waals surface area (Å²) >= 11 is 0. The van der Waals surface area contributed by atoms with E-state index in [4.69, 9.17) is 9.72 Å². The average Bonchev–Trinajstić information content (AvgIpc) is 3.93. The Morgan fingerprint density at radius 1 is 0.466 bits per heavy atom. The molecular formula is C66H61N4OPtSi-3. The molecule has 0 spiro atoms. The summed E-state index contributed by atoms with van der Waals surface area (Å²) < 4.78 is 9.08. The molecule has 0 saturated heterocycles. The van der Waals surface area contributed by atoms with Gasteiger partial charge < -0.3 is 19.1 Å². The SMILES string of the molecule is CC(C)(C)c1cc(N2[CH-]N(c3[c-]c(Oc4[c-]c5c(cc4)c4cc([Si](c6ccccc6)(c6ccccc6)c6ccccc6)ccc4n5-c4cc(C(C)(C)C)ccn4)ccc3)c3ccccc32)cc(C(C)(C)C)c1.[Pt]. The summed E-state index contributed by atoms with van der Waals surface area (Å²) in [5, 5.41) is 7.51. The molecule has 0 radical (unpaired) electrons. The molecule has 368 valence electrons. The Balaban J connectivity index is 0.00000611. The van der Waals surface area contributed by atoms with Gasteiger partial charge in [0, 0.05) is 61.3 Å². The fourth-order valence-electron chi connectivity index (χ4n) is 10.4. The molecule has 0 aliphatic carbocycles. The van der Waals surface area contributed by atoms with Crippen molar-refractivity contribution in [3.05, 3.63) is 236 Å². The minimum absolute atomic E-state index is 0. The van der Waals surface area contributed by atoms with Gasteiger partial charge in [0.25, 0.3) is 0 Å². The number of pyridine rings is 1. The molecule has 5 nitrogen and oxygen atoms in total. The van der Waals surface area contributed by atoms with Gasteiger partial charge in [-0.1, -0.05) is 189 Å². The number of rotatable bonds is 9. The summed E-state index contributed by atoms with van der Waals surface area (Å²) in [6.45, 7) is 22.6. The molecular weight excluding hydrogens is 1090 g/mol. The molecule has 0 bridgehead atoms. The van der Waals surface area contributed by atoms with E-state index in [2.05, 4.69) is 271 Å². The van der Waals surface area contributed by atoms with Gasteiger partial charge in [-0.15, -0.1) is 48.1 Å². The molecule has 1 aliphatic rings. The van der Waals surface area contributed by atoms with Gasteiger partial charge >= 0.3 is 0 Å². The zero-order chi connectivity index (χ0) is 50.0. The van der Waals surface area contributed by atoms with Crippen LogP contribution < -0.4 is 35.3 Å². The zero-order valence-electron chi connectivity index (χ0n) is 43.1. The Kier molecular flexibility index (Phi) is 13.0. The maximum atomic E-state index is 6.82. The van der Waals surface area contributed by atoms with Crippen LogP contribution in [0, 0.1) is 18.8 Å². The maximum absolute atomic E-state index is 6.82. The van der Waals surface area contributed by atoms with Gasteiger partial charge in [0.2, 0.25) is 0 Å². The van der Waals surface area contributed by atoms with Crippen LogP contribution in [0.15, 0.2) is 200 Å². The predicted octanol–water partition coefficient (Wildman–Crippen LogP) is 14.2. The van der Waals surface area contributed by atoms with E-state index < -0.39 is 8.07 Å². The van der Waals surface area contributed by atoms with Crippen molar-refractivity contribution < 1.29 is 25.8 Å². The van der Waals surface area contributed by atoms with E-state index in [0.29, 0.717) is 11.5 Å². The van der Waals surface area contributed by atoms with Crippen LogP contribution in [-0.4, -0.2) is 17.6 Å². The molecule has 0 N–H and O–H groups in total. The Labute approximate surface area is 447 Å². The number of para-hydroxylation sites is 2. The van der Waals surface area contributed by atoms with Gasteiger partial charge in [-0.2, -0.15) is 12.1 Å². The van der Waals surface area contributed by atoms with Crippen LogP contribution in [-0.2, 0) is 37.3 Å². The smallest absolute Gasteiger partial charge is 0.179 e. The first-order valence-corrected chi connectivity index (χ1v) is 27.1. The van der Waals surface area contributed by atoms with Crippen LogP contribution >= 0.6 is 0 Å². The third-order valence-corrected chi connectivity index (χ3v) is 19.1. The predicted molar refractivity (Wildman–Crippen MR) is 304 cm³/mol. The van der Waals surface area contributed by atoms with Gasteiger partial charge in [0.05, 0.1) is 0 Å². The molecule has 0 atom stereocenters. The Morgan fingerprint density at radius 2 is 1.01 bits per heavy atom. The largest absolute Gasteiger partial charge is 0.509 e. The van der Waals surface area contributed by atoms with Crippen molar-refractivity contribution in [3.63, 3.8) is 0 Å². The number of benzene rings is 8. The molecule has 2 aromatic heterocycles. The molecule has 11 rings (SSSR count). The molecule has 0 amide bonds. The fourth-order valence-corrected chi connectivity index (χ4v) is 15.2. The normalized spacial score (nSPS) is 13.1. The Hall–Kier alpha value is -6.98. The first kappa shape index (κ1) is 49.6. The van der Waals surface area contributed by atoms with Gasteiger partial charge in [0.1, 0.15) is 5.82 Å². The van der Waals surface area contributed by atoms with Gasteiger partial charge in [-0.25, -0.2) is 4.98 Å². The number of anilines is 4. The van der Waals surface area contributed by atoms with Crippen molar-refractivity contribution in [1.29, 1.82) is 0 Å². The van der Waals surface area contributed by atoms with Crippen molar-refractivity contribution in [2.75, 3.05) is 9.80 Å². The number of hydrogen-bond donors (Lipinski definition) is 0. The maximum Gasteiger partial charge on any atom is 0.179 e. The molecule has 7 heteroatoms. The quantitative estimate of drug-likeness (QED) is 0.0819. The number of fused-ring (bicyclic) bond motifs is 4. The first-order valence-electron chi connectivity index (χ1n) is 25.1. The standard InChI is InChI=1S/C66H61N4OSi.Pt/c1-64(2,3)46-36-37-67-63(41-46)70-59-35-33-56(72(53-24-13-10-14-25-53,54-26-15-11-16-27-54)55-28-17-12-18-29-55)44-58(59)57-34-32-52(43-62(57)70)71-51-23-21-22-49(42-51)68-45-69(61-31-20-19-30-60(61)68)50-39-47(65(4,5)6)38-48(40-50)66(7,8)9;/h10-41,44-45H,1-9H3;/q-3;. The minimum Gasteiger partial charge on any atom is -0.509 e. The van der Waals surface area contributed by atoms with Crippen LogP contribution in [0.5, 0.6) is 11.5 Å². The molecule has 0 saturated carbocycles. The third-order valence-electron chi connectivity index (χ3n) is 14.3.